The molecule has 8 nitrogen and oxygen atoms in total. The minimum Gasteiger partial charge on any atom is -0.346 e. The Balaban J connectivity index is 1.52. The number of hydrogen-bond acceptors (Lipinski definition) is 5. The first-order valence-corrected chi connectivity index (χ1v) is 8.48. The monoisotopic (exact) mass is 349 g/mol. The van der Waals surface area contributed by atoms with E-state index in [4.69, 9.17) is 0 Å². The van der Waals surface area contributed by atoms with Crippen molar-refractivity contribution >= 4 is 22.7 Å². The molecular weight excluding hydrogens is 330 g/mol. The van der Waals surface area contributed by atoms with Crippen molar-refractivity contribution in [2.45, 2.75) is 26.9 Å². The number of nitrogens with one attached hydrogen (secondary N) is 1. The maximum atomic E-state index is 12.5. The number of hydrogen-bond donors (Lipinski definition) is 1. The highest BCUT2D eigenvalue weighted by atomic mass is 16.1. The number of aromatic nitrogens is 6. The molecule has 4 aromatic rings. The summed E-state index contributed by atoms with van der Waals surface area (Å²) < 4.78 is 3.71. The SMILES string of the molecule is CC(C)Cn1cnc2cc(C(=O)NCc3cccc4ncnn34)cnc21. The van der Waals surface area contributed by atoms with Crippen LogP contribution in [0.4, 0.5) is 0 Å². The van der Waals surface area contributed by atoms with Crippen molar-refractivity contribution in [2.24, 2.45) is 5.92 Å². The van der Waals surface area contributed by atoms with Crippen LogP contribution < -0.4 is 5.32 Å². The molecule has 0 bridgehead atoms. The van der Waals surface area contributed by atoms with Crippen LogP contribution in [0, 0.1) is 5.92 Å². The third-order valence-electron chi connectivity index (χ3n) is 4.09. The van der Waals surface area contributed by atoms with Crippen molar-refractivity contribution in [3.05, 3.63) is 54.4 Å². The van der Waals surface area contributed by atoms with E-state index < -0.39 is 0 Å². The lowest BCUT2D eigenvalue weighted by molar-refractivity contribution is 0.0950. The molecule has 4 rings (SSSR count). The Morgan fingerprint density at radius 2 is 2.12 bits per heavy atom. The van der Waals surface area contributed by atoms with Crippen molar-refractivity contribution in [1.82, 2.24) is 34.4 Å². The highest BCUT2D eigenvalue weighted by Gasteiger charge is 2.12. The number of pyridine rings is 2. The second-order valence-corrected chi connectivity index (χ2v) is 6.59. The Morgan fingerprint density at radius 3 is 2.96 bits per heavy atom. The average molecular weight is 349 g/mol. The molecule has 0 fully saturated rings. The normalized spacial score (nSPS) is 11.5. The van der Waals surface area contributed by atoms with Gasteiger partial charge in [0.25, 0.3) is 5.91 Å². The predicted molar refractivity (Wildman–Crippen MR) is 96.5 cm³/mol. The van der Waals surface area contributed by atoms with E-state index in [0.29, 0.717) is 18.0 Å². The minimum absolute atomic E-state index is 0.199. The molecule has 0 atom stereocenters. The van der Waals surface area contributed by atoms with Crippen LogP contribution in [0.3, 0.4) is 0 Å². The highest BCUT2D eigenvalue weighted by Crippen LogP contribution is 2.14. The summed E-state index contributed by atoms with van der Waals surface area (Å²) in [4.78, 5) is 25.4. The van der Waals surface area contributed by atoms with Gasteiger partial charge in [0.15, 0.2) is 11.3 Å². The van der Waals surface area contributed by atoms with E-state index in [1.165, 1.54) is 6.33 Å². The second kappa shape index (κ2) is 6.55. The standard InChI is InChI=1S/C18H19N7O/c1-12(2)9-24-11-22-15-6-13(7-19-17(15)24)18(26)20-8-14-4-3-5-16-21-10-23-25(14)16/h3-7,10-12H,8-9H2,1-2H3,(H,20,26). The topological polar surface area (TPSA) is 90.0 Å². The smallest absolute Gasteiger partial charge is 0.253 e. The van der Waals surface area contributed by atoms with E-state index in [9.17, 15) is 4.79 Å². The fourth-order valence-corrected chi connectivity index (χ4v) is 2.91. The zero-order valence-electron chi connectivity index (χ0n) is 14.6. The van der Waals surface area contributed by atoms with E-state index >= 15 is 0 Å². The van der Waals surface area contributed by atoms with Crippen LogP contribution in [-0.4, -0.2) is 35.0 Å². The van der Waals surface area contributed by atoms with Crippen LogP contribution in [0.5, 0.6) is 0 Å². The van der Waals surface area contributed by atoms with Gasteiger partial charge >= 0.3 is 0 Å². The van der Waals surface area contributed by atoms with E-state index in [0.717, 1.165) is 29.0 Å². The van der Waals surface area contributed by atoms with Crippen molar-refractivity contribution < 1.29 is 4.79 Å². The molecular formula is C18H19N7O. The van der Waals surface area contributed by atoms with Gasteiger partial charge in [-0.3, -0.25) is 4.79 Å². The molecule has 0 saturated carbocycles. The fraction of sp³-hybridized carbons (Fsp3) is 0.278. The molecule has 1 amide bonds. The number of rotatable bonds is 5. The summed E-state index contributed by atoms with van der Waals surface area (Å²) in [5.74, 6) is 0.298. The molecule has 0 aliphatic rings. The van der Waals surface area contributed by atoms with Crippen molar-refractivity contribution in [2.75, 3.05) is 0 Å². The maximum Gasteiger partial charge on any atom is 0.253 e. The molecule has 132 valence electrons. The Morgan fingerprint density at radius 1 is 1.23 bits per heavy atom. The summed E-state index contributed by atoms with van der Waals surface area (Å²) in [5, 5.41) is 7.06. The minimum atomic E-state index is -0.199. The quantitative estimate of drug-likeness (QED) is 0.596. The summed E-state index contributed by atoms with van der Waals surface area (Å²) in [6, 6.07) is 7.42. The van der Waals surface area contributed by atoms with Gasteiger partial charge in [-0.1, -0.05) is 19.9 Å². The zero-order valence-corrected chi connectivity index (χ0v) is 14.6. The highest BCUT2D eigenvalue weighted by molar-refractivity contribution is 5.96. The Bertz CT molecular complexity index is 1080. The van der Waals surface area contributed by atoms with E-state index in [1.807, 2.05) is 22.8 Å². The van der Waals surface area contributed by atoms with Crippen LogP contribution >= 0.6 is 0 Å². The Labute approximate surface area is 149 Å². The molecule has 8 heteroatoms. The lowest BCUT2D eigenvalue weighted by atomic mass is 10.2. The first-order chi connectivity index (χ1) is 12.6. The summed E-state index contributed by atoms with van der Waals surface area (Å²) in [6.45, 7) is 5.48. The number of carbonyl (C=O) groups excluding carboxylic acids is 1. The maximum absolute atomic E-state index is 12.5. The number of carbonyl (C=O) groups is 1. The first kappa shape index (κ1) is 16.2. The van der Waals surface area contributed by atoms with Gasteiger partial charge in [-0.05, 0) is 24.1 Å². The summed E-state index contributed by atoms with van der Waals surface area (Å²) in [7, 11) is 0. The zero-order chi connectivity index (χ0) is 18.1. The summed E-state index contributed by atoms with van der Waals surface area (Å²) in [5.41, 5.74) is 3.59. The van der Waals surface area contributed by atoms with Crippen LogP contribution in [0.15, 0.2) is 43.1 Å². The van der Waals surface area contributed by atoms with Crippen LogP contribution in [0.2, 0.25) is 0 Å². The van der Waals surface area contributed by atoms with Gasteiger partial charge < -0.3 is 9.88 Å². The molecule has 0 spiro atoms. The van der Waals surface area contributed by atoms with Gasteiger partial charge in [0.1, 0.15) is 11.8 Å². The van der Waals surface area contributed by atoms with Crippen LogP contribution in [0.25, 0.3) is 16.8 Å². The molecule has 0 aliphatic carbocycles. The van der Waals surface area contributed by atoms with E-state index in [2.05, 4.69) is 39.2 Å². The fourth-order valence-electron chi connectivity index (χ4n) is 2.91. The predicted octanol–water partition coefficient (Wildman–Crippen LogP) is 2.06. The largest absolute Gasteiger partial charge is 0.346 e. The summed E-state index contributed by atoms with van der Waals surface area (Å²) >= 11 is 0. The van der Waals surface area contributed by atoms with Gasteiger partial charge in [-0.15, -0.1) is 0 Å². The molecule has 0 saturated heterocycles. The number of fused-ring (bicyclic) bond motifs is 2. The Hall–Kier alpha value is -3.29. The molecule has 4 heterocycles. The lowest BCUT2D eigenvalue weighted by Crippen LogP contribution is -2.24. The first-order valence-electron chi connectivity index (χ1n) is 8.48. The Kier molecular flexibility index (Phi) is 4.08. The van der Waals surface area contributed by atoms with Gasteiger partial charge in [0.05, 0.1) is 24.1 Å². The number of imidazole rings is 1. The second-order valence-electron chi connectivity index (χ2n) is 6.59. The van der Waals surface area contributed by atoms with Crippen LogP contribution in [-0.2, 0) is 13.1 Å². The van der Waals surface area contributed by atoms with E-state index in [1.54, 1.807) is 23.1 Å². The number of amides is 1. The van der Waals surface area contributed by atoms with Crippen molar-refractivity contribution in [1.29, 1.82) is 0 Å². The van der Waals surface area contributed by atoms with Gasteiger partial charge in [0.2, 0.25) is 0 Å². The van der Waals surface area contributed by atoms with Crippen LogP contribution in [0.1, 0.15) is 29.9 Å². The van der Waals surface area contributed by atoms with Gasteiger partial charge in [-0.2, -0.15) is 5.10 Å². The lowest BCUT2D eigenvalue weighted by Gasteiger charge is -2.08. The molecule has 0 unspecified atom stereocenters. The average Bonchev–Trinajstić information content (AvgIpc) is 3.26. The van der Waals surface area contributed by atoms with E-state index in [-0.39, 0.29) is 5.91 Å². The summed E-state index contributed by atoms with van der Waals surface area (Å²) in [6.07, 6.45) is 4.85. The number of nitrogens with zero attached hydrogens (tertiary/aromatic N) is 6. The van der Waals surface area contributed by atoms with Gasteiger partial charge in [0, 0.05) is 12.7 Å². The third-order valence-corrected chi connectivity index (χ3v) is 4.09. The molecule has 26 heavy (non-hydrogen) atoms. The molecule has 4 aromatic heterocycles. The molecule has 0 aromatic carbocycles. The molecule has 0 aliphatic heterocycles. The van der Waals surface area contributed by atoms with Crippen molar-refractivity contribution in [3.8, 4) is 0 Å². The van der Waals surface area contributed by atoms with Gasteiger partial charge in [-0.25, -0.2) is 19.5 Å². The molecule has 1 N–H and O–H groups in total. The molecule has 0 radical (unpaired) electrons. The third kappa shape index (κ3) is 3.01. The van der Waals surface area contributed by atoms with Crippen molar-refractivity contribution in [3.63, 3.8) is 0 Å².